The Morgan fingerprint density at radius 2 is 1.63 bits per heavy atom. The highest BCUT2D eigenvalue weighted by Crippen LogP contribution is 2.17. The van der Waals surface area contributed by atoms with Crippen LogP contribution >= 0.6 is 0 Å². The highest BCUT2D eigenvalue weighted by Gasteiger charge is 2.15. The Bertz CT molecular complexity index is 834. The van der Waals surface area contributed by atoms with Gasteiger partial charge in [-0.15, -0.1) is 0 Å². The summed E-state index contributed by atoms with van der Waals surface area (Å²) in [7, 11) is -2.07. The summed E-state index contributed by atoms with van der Waals surface area (Å²) < 4.78 is 32.3. The molecule has 27 heavy (non-hydrogen) atoms. The molecule has 2 aromatic rings. The summed E-state index contributed by atoms with van der Waals surface area (Å²) in [6.45, 7) is 4.35. The van der Waals surface area contributed by atoms with E-state index in [1.54, 1.807) is 19.2 Å². The van der Waals surface area contributed by atoms with Crippen LogP contribution in [0.1, 0.15) is 15.9 Å². The Balaban J connectivity index is 1.91. The van der Waals surface area contributed by atoms with Crippen LogP contribution in [-0.2, 0) is 14.8 Å². The van der Waals surface area contributed by atoms with Crippen molar-refractivity contribution in [2.75, 3.05) is 38.1 Å². The molecule has 2 aromatic carbocycles. The molecule has 0 bridgehead atoms. The van der Waals surface area contributed by atoms with Gasteiger partial charge >= 0.3 is 0 Å². The van der Waals surface area contributed by atoms with E-state index < -0.39 is 10.0 Å². The molecule has 3 N–H and O–H groups in total. The van der Waals surface area contributed by atoms with E-state index in [0.29, 0.717) is 37.5 Å². The van der Waals surface area contributed by atoms with Crippen molar-refractivity contribution < 1.29 is 17.9 Å². The van der Waals surface area contributed by atoms with Gasteiger partial charge in [0.05, 0.1) is 11.5 Å². The number of carbonyl (C=O) groups is 1. The summed E-state index contributed by atoms with van der Waals surface area (Å²) in [5, 5.41) is 5.89. The summed E-state index contributed by atoms with van der Waals surface area (Å²) in [6, 6.07) is 12.9. The van der Waals surface area contributed by atoms with Crippen LogP contribution in [0.2, 0.25) is 0 Å². The van der Waals surface area contributed by atoms with Crippen molar-refractivity contribution in [2.45, 2.75) is 11.8 Å². The fourth-order valence-electron chi connectivity index (χ4n) is 2.29. The first kappa shape index (κ1) is 20.9. The Kier molecular flexibility index (Phi) is 7.78. The molecule has 0 aliphatic heterocycles. The van der Waals surface area contributed by atoms with Crippen molar-refractivity contribution in [1.82, 2.24) is 10.6 Å². The highest BCUT2D eigenvalue weighted by molar-refractivity contribution is 7.92. The van der Waals surface area contributed by atoms with E-state index in [2.05, 4.69) is 15.4 Å². The number of anilines is 1. The second kappa shape index (κ2) is 10.1. The molecular formula is C19H25N3O4S. The standard InChI is InChI=1S/C19H25N3O4S/c1-15-3-7-17(8-4-15)22-27(24,25)18-9-5-16(6-10-18)19(23)21-12-11-20-13-14-26-2/h3-10,20,22H,11-14H2,1-2H3,(H,21,23). The molecule has 146 valence electrons. The van der Waals surface area contributed by atoms with Crippen molar-refractivity contribution >= 4 is 21.6 Å². The van der Waals surface area contributed by atoms with Gasteiger partial charge in [0, 0.05) is 38.0 Å². The van der Waals surface area contributed by atoms with Gasteiger partial charge in [-0.25, -0.2) is 8.42 Å². The maximum Gasteiger partial charge on any atom is 0.261 e. The molecule has 0 spiro atoms. The van der Waals surface area contributed by atoms with E-state index in [4.69, 9.17) is 4.74 Å². The third-order valence-corrected chi connectivity index (χ3v) is 5.20. The Labute approximate surface area is 160 Å². The van der Waals surface area contributed by atoms with Gasteiger partial charge in [-0.1, -0.05) is 17.7 Å². The number of carbonyl (C=O) groups excluding carboxylic acids is 1. The van der Waals surface area contributed by atoms with E-state index in [-0.39, 0.29) is 10.8 Å². The fourth-order valence-corrected chi connectivity index (χ4v) is 3.35. The topological polar surface area (TPSA) is 96.5 Å². The van der Waals surface area contributed by atoms with Gasteiger partial charge in [0.25, 0.3) is 15.9 Å². The zero-order valence-electron chi connectivity index (χ0n) is 15.5. The monoisotopic (exact) mass is 391 g/mol. The van der Waals surface area contributed by atoms with E-state index >= 15 is 0 Å². The minimum absolute atomic E-state index is 0.0980. The van der Waals surface area contributed by atoms with Crippen molar-refractivity contribution in [3.05, 3.63) is 59.7 Å². The average Bonchev–Trinajstić information content (AvgIpc) is 2.66. The summed E-state index contributed by atoms with van der Waals surface area (Å²) in [5.74, 6) is -0.251. The van der Waals surface area contributed by atoms with Crippen LogP contribution in [0.3, 0.4) is 0 Å². The van der Waals surface area contributed by atoms with Crippen LogP contribution in [0.15, 0.2) is 53.4 Å². The highest BCUT2D eigenvalue weighted by atomic mass is 32.2. The third-order valence-electron chi connectivity index (χ3n) is 3.80. The molecule has 0 fully saturated rings. The number of amides is 1. The summed E-state index contributed by atoms with van der Waals surface area (Å²) >= 11 is 0. The van der Waals surface area contributed by atoms with Gasteiger partial charge in [0.2, 0.25) is 0 Å². The molecule has 7 nitrogen and oxygen atoms in total. The molecule has 2 rings (SSSR count). The second-order valence-electron chi connectivity index (χ2n) is 5.99. The number of methoxy groups -OCH3 is 1. The summed E-state index contributed by atoms with van der Waals surface area (Å²) in [4.78, 5) is 12.2. The Morgan fingerprint density at radius 1 is 0.963 bits per heavy atom. The normalized spacial score (nSPS) is 11.2. The maximum atomic E-state index is 12.4. The third kappa shape index (κ3) is 6.67. The number of sulfonamides is 1. The number of hydrogen-bond donors (Lipinski definition) is 3. The molecular weight excluding hydrogens is 366 g/mol. The Hall–Kier alpha value is -2.42. The number of hydrogen-bond acceptors (Lipinski definition) is 5. The number of aryl methyl sites for hydroxylation is 1. The molecule has 0 heterocycles. The maximum absolute atomic E-state index is 12.4. The minimum atomic E-state index is -3.70. The minimum Gasteiger partial charge on any atom is -0.383 e. The molecule has 0 unspecified atom stereocenters. The quantitative estimate of drug-likeness (QED) is 0.536. The number of rotatable bonds is 10. The lowest BCUT2D eigenvalue weighted by atomic mass is 10.2. The van der Waals surface area contributed by atoms with Crippen LogP contribution in [0.5, 0.6) is 0 Å². The molecule has 0 radical (unpaired) electrons. The van der Waals surface area contributed by atoms with Gasteiger partial charge in [-0.2, -0.15) is 0 Å². The molecule has 0 saturated heterocycles. The van der Waals surface area contributed by atoms with Crippen molar-refractivity contribution in [3.63, 3.8) is 0 Å². The Morgan fingerprint density at radius 3 is 2.26 bits per heavy atom. The summed E-state index contributed by atoms with van der Waals surface area (Å²) in [6.07, 6.45) is 0. The molecule has 0 aliphatic carbocycles. The van der Waals surface area contributed by atoms with E-state index in [0.717, 1.165) is 5.56 Å². The van der Waals surface area contributed by atoms with Crippen LogP contribution < -0.4 is 15.4 Å². The SMILES string of the molecule is COCCNCCNC(=O)c1ccc(S(=O)(=O)Nc2ccc(C)cc2)cc1. The zero-order valence-corrected chi connectivity index (χ0v) is 16.3. The first-order valence-electron chi connectivity index (χ1n) is 8.60. The summed E-state index contributed by atoms with van der Waals surface area (Å²) in [5.41, 5.74) is 1.94. The van der Waals surface area contributed by atoms with Crippen molar-refractivity contribution in [1.29, 1.82) is 0 Å². The van der Waals surface area contributed by atoms with Gasteiger partial charge in [-0.05, 0) is 43.3 Å². The van der Waals surface area contributed by atoms with Crippen LogP contribution in [0, 0.1) is 6.92 Å². The average molecular weight is 391 g/mol. The van der Waals surface area contributed by atoms with E-state index in [1.807, 2.05) is 19.1 Å². The van der Waals surface area contributed by atoms with E-state index in [9.17, 15) is 13.2 Å². The fraction of sp³-hybridized carbons (Fsp3) is 0.316. The lowest BCUT2D eigenvalue weighted by molar-refractivity contribution is 0.0953. The number of benzene rings is 2. The van der Waals surface area contributed by atoms with Gasteiger partial charge < -0.3 is 15.4 Å². The molecule has 8 heteroatoms. The van der Waals surface area contributed by atoms with Crippen molar-refractivity contribution in [3.8, 4) is 0 Å². The number of nitrogens with one attached hydrogen (secondary N) is 3. The predicted octanol–water partition coefficient (Wildman–Crippen LogP) is 1.76. The number of ether oxygens (including phenoxy) is 1. The predicted molar refractivity (Wildman–Crippen MR) is 106 cm³/mol. The first-order valence-corrected chi connectivity index (χ1v) is 10.1. The molecule has 0 saturated carbocycles. The molecule has 0 aliphatic rings. The molecule has 0 aromatic heterocycles. The van der Waals surface area contributed by atoms with Crippen molar-refractivity contribution in [2.24, 2.45) is 0 Å². The molecule has 0 atom stereocenters. The lowest BCUT2D eigenvalue weighted by Gasteiger charge is -2.10. The smallest absolute Gasteiger partial charge is 0.261 e. The van der Waals surface area contributed by atoms with Crippen LogP contribution in [0.25, 0.3) is 0 Å². The van der Waals surface area contributed by atoms with Gasteiger partial charge in [-0.3, -0.25) is 9.52 Å². The van der Waals surface area contributed by atoms with Gasteiger partial charge in [0.15, 0.2) is 0 Å². The van der Waals surface area contributed by atoms with E-state index in [1.165, 1.54) is 24.3 Å². The van der Waals surface area contributed by atoms with Crippen LogP contribution in [0.4, 0.5) is 5.69 Å². The van der Waals surface area contributed by atoms with Gasteiger partial charge in [0.1, 0.15) is 0 Å². The lowest BCUT2D eigenvalue weighted by Crippen LogP contribution is -2.33. The van der Waals surface area contributed by atoms with Crippen LogP contribution in [-0.4, -0.2) is 47.7 Å². The zero-order chi connectivity index (χ0) is 19.7. The second-order valence-corrected chi connectivity index (χ2v) is 7.68. The molecule has 1 amide bonds. The first-order chi connectivity index (χ1) is 12.9. The largest absolute Gasteiger partial charge is 0.383 e.